The predicted octanol–water partition coefficient (Wildman–Crippen LogP) is 2.47. The Kier molecular flexibility index (Phi) is 6.66. The molecule has 0 atom stereocenters. The van der Waals surface area contributed by atoms with E-state index in [2.05, 4.69) is 20.0 Å². The van der Waals surface area contributed by atoms with Gasteiger partial charge < -0.3 is 25.5 Å². The van der Waals surface area contributed by atoms with Crippen molar-refractivity contribution in [3.05, 3.63) is 35.7 Å². The van der Waals surface area contributed by atoms with E-state index in [1.165, 1.54) is 4.90 Å². The van der Waals surface area contributed by atoms with Crippen LogP contribution in [0.15, 0.2) is 24.4 Å². The van der Waals surface area contributed by atoms with Crippen LogP contribution in [-0.4, -0.2) is 91.0 Å². The van der Waals surface area contributed by atoms with Crippen molar-refractivity contribution in [1.82, 2.24) is 34.5 Å². The van der Waals surface area contributed by atoms with Crippen LogP contribution in [0.5, 0.6) is 5.75 Å². The number of H-pyrrole nitrogens is 1. The third-order valence-corrected chi connectivity index (χ3v) is 6.66. The van der Waals surface area contributed by atoms with E-state index in [1.807, 2.05) is 24.6 Å². The monoisotopic (exact) mass is 506 g/mol. The molecule has 3 aromatic heterocycles. The maximum Gasteiger partial charge on any atom is 0.407 e. The number of benzene rings is 1. The molecule has 12 heteroatoms. The van der Waals surface area contributed by atoms with Gasteiger partial charge >= 0.3 is 6.09 Å². The molecule has 1 saturated heterocycles. The molecule has 37 heavy (non-hydrogen) atoms. The minimum Gasteiger partial charge on any atom is -0.491 e. The highest BCUT2D eigenvalue weighted by atomic mass is 16.5. The summed E-state index contributed by atoms with van der Waals surface area (Å²) in [6, 6.07) is 5.33. The number of piperazine rings is 1. The maximum absolute atomic E-state index is 12.0. The van der Waals surface area contributed by atoms with Gasteiger partial charge in [-0.1, -0.05) is 0 Å². The standard InChI is InChI=1S/C25H30N8O4/c1-3-33-19(11-15(2)30-33)24-27-14-18-17-12-16(22(26)34)13-20(21(17)28-23(18)29-24)37-10-4-5-31-6-8-32(9-7-31)25(35)36/h11-14H,3-10H2,1-2H3,(H2,26,34)(H,35,36)(H,27,28,29). The third-order valence-electron chi connectivity index (χ3n) is 6.66. The number of nitrogens with zero attached hydrogens (tertiary/aromatic N) is 6. The number of carboxylic acid groups (broad SMARTS) is 1. The molecule has 2 amide bonds. The van der Waals surface area contributed by atoms with Crippen LogP contribution in [0.1, 0.15) is 29.4 Å². The van der Waals surface area contributed by atoms with Crippen LogP contribution in [0.3, 0.4) is 0 Å². The summed E-state index contributed by atoms with van der Waals surface area (Å²) in [4.78, 5) is 39.4. The first-order valence-electron chi connectivity index (χ1n) is 12.3. The van der Waals surface area contributed by atoms with E-state index in [0.29, 0.717) is 62.1 Å². The summed E-state index contributed by atoms with van der Waals surface area (Å²) < 4.78 is 7.97. The topological polar surface area (TPSA) is 155 Å². The molecule has 0 aliphatic carbocycles. The van der Waals surface area contributed by atoms with Crippen LogP contribution in [0.4, 0.5) is 4.79 Å². The van der Waals surface area contributed by atoms with Gasteiger partial charge in [0, 0.05) is 61.8 Å². The first-order valence-corrected chi connectivity index (χ1v) is 12.3. The van der Waals surface area contributed by atoms with E-state index in [4.69, 9.17) is 20.6 Å². The molecule has 194 valence electrons. The van der Waals surface area contributed by atoms with Crippen LogP contribution in [0.25, 0.3) is 33.5 Å². The number of carbonyl (C=O) groups is 2. The van der Waals surface area contributed by atoms with Gasteiger partial charge in [0.25, 0.3) is 0 Å². The van der Waals surface area contributed by atoms with Crippen molar-refractivity contribution in [3.8, 4) is 17.3 Å². The Hall–Kier alpha value is -4.19. The van der Waals surface area contributed by atoms with Crippen LogP contribution in [-0.2, 0) is 6.54 Å². The van der Waals surface area contributed by atoms with Gasteiger partial charge in [0.15, 0.2) is 5.82 Å². The largest absolute Gasteiger partial charge is 0.491 e. The predicted molar refractivity (Wildman–Crippen MR) is 138 cm³/mol. The smallest absolute Gasteiger partial charge is 0.407 e. The number of amides is 2. The minimum atomic E-state index is -0.873. The van der Waals surface area contributed by atoms with Crippen molar-refractivity contribution in [2.24, 2.45) is 5.73 Å². The van der Waals surface area contributed by atoms with Crippen molar-refractivity contribution in [3.63, 3.8) is 0 Å². The van der Waals surface area contributed by atoms with E-state index in [0.717, 1.165) is 40.6 Å². The summed E-state index contributed by atoms with van der Waals surface area (Å²) in [6.45, 7) is 8.29. The number of hydrogen-bond donors (Lipinski definition) is 3. The molecule has 1 aliphatic heterocycles. The number of ether oxygens (including phenoxy) is 1. The maximum atomic E-state index is 12.0. The normalized spacial score (nSPS) is 14.5. The first-order chi connectivity index (χ1) is 17.8. The van der Waals surface area contributed by atoms with Crippen LogP contribution < -0.4 is 10.5 Å². The average Bonchev–Trinajstić information content (AvgIpc) is 3.46. The molecule has 12 nitrogen and oxygen atoms in total. The molecule has 0 radical (unpaired) electrons. The van der Waals surface area contributed by atoms with Crippen LogP contribution >= 0.6 is 0 Å². The van der Waals surface area contributed by atoms with Crippen molar-refractivity contribution in [2.75, 3.05) is 39.3 Å². The number of fused-ring (bicyclic) bond motifs is 3. The van der Waals surface area contributed by atoms with Crippen LogP contribution in [0.2, 0.25) is 0 Å². The summed E-state index contributed by atoms with van der Waals surface area (Å²) >= 11 is 0. The van der Waals surface area contributed by atoms with Crippen molar-refractivity contribution in [1.29, 1.82) is 0 Å². The molecule has 0 unspecified atom stereocenters. The first kappa shape index (κ1) is 24.5. The molecular formula is C25H30N8O4. The van der Waals surface area contributed by atoms with E-state index < -0.39 is 12.0 Å². The van der Waals surface area contributed by atoms with Gasteiger partial charge in [-0.3, -0.25) is 14.4 Å². The number of nitrogens with two attached hydrogens (primary N) is 1. The Morgan fingerprint density at radius 3 is 2.65 bits per heavy atom. The fraction of sp³-hybridized carbons (Fsp3) is 0.400. The summed E-state index contributed by atoms with van der Waals surface area (Å²) in [5.74, 6) is 0.537. The molecule has 1 fully saturated rings. The molecule has 4 N–H and O–H groups in total. The Morgan fingerprint density at radius 2 is 1.95 bits per heavy atom. The molecule has 1 aromatic carbocycles. The number of primary amides is 1. The van der Waals surface area contributed by atoms with Crippen LogP contribution in [0, 0.1) is 6.92 Å². The molecule has 5 rings (SSSR count). The number of aromatic amines is 1. The molecule has 4 heterocycles. The number of nitrogens with one attached hydrogen (secondary N) is 1. The number of hydrogen-bond acceptors (Lipinski definition) is 7. The quantitative estimate of drug-likeness (QED) is 0.308. The lowest BCUT2D eigenvalue weighted by Crippen LogP contribution is -2.48. The number of aryl methyl sites for hydroxylation is 2. The molecule has 0 saturated carbocycles. The Bertz CT molecular complexity index is 1470. The number of aromatic nitrogens is 5. The second kappa shape index (κ2) is 10.1. The second-order valence-corrected chi connectivity index (χ2v) is 9.14. The Labute approximate surface area is 213 Å². The minimum absolute atomic E-state index is 0.344. The zero-order valence-corrected chi connectivity index (χ0v) is 20.9. The number of rotatable bonds is 8. The van der Waals surface area contributed by atoms with Gasteiger partial charge in [0.2, 0.25) is 5.91 Å². The lowest BCUT2D eigenvalue weighted by Gasteiger charge is -2.32. The molecule has 0 spiro atoms. The van der Waals surface area contributed by atoms with E-state index in [-0.39, 0.29) is 0 Å². The summed E-state index contributed by atoms with van der Waals surface area (Å²) in [5.41, 5.74) is 9.03. The van der Waals surface area contributed by atoms with Gasteiger partial charge in [0.1, 0.15) is 17.1 Å². The second-order valence-electron chi connectivity index (χ2n) is 9.14. The van der Waals surface area contributed by atoms with Crippen molar-refractivity contribution >= 4 is 33.9 Å². The van der Waals surface area contributed by atoms with Gasteiger partial charge in [-0.2, -0.15) is 5.10 Å². The highest BCUT2D eigenvalue weighted by Gasteiger charge is 2.20. The Morgan fingerprint density at radius 1 is 1.16 bits per heavy atom. The van der Waals surface area contributed by atoms with Gasteiger partial charge in [0.05, 0.1) is 17.8 Å². The van der Waals surface area contributed by atoms with E-state index in [9.17, 15) is 9.59 Å². The third kappa shape index (κ3) is 4.92. The molecule has 4 aromatic rings. The summed E-state index contributed by atoms with van der Waals surface area (Å²) in [6.07, 6.45) is 1.62. The van der Waals surface area contributed by atoms with E-state index >= 15 is 0 Å². The van der Waals surface area contributed by atoms with Crippen molar-refractivity contribution in [2.45, 2.75) is 26.8 Å². The molecule has 0 bridgehead atoms. The van der Waals surface area contributed by atoms with Gasteiger partial charge in [-0.25, -0.2) is 14.8 Å². The zero-order valence-electron chi connectivity index (χ0n) is 20.9. The molecule has 1 aliphatic rings. The fourth-order valence-electron chi connectivity index (χ4n) is 4.73. The fourth-order valence-corrected chi connectivity index (χ4v) is 4.73. The van der Waals surface area contributed by atoms with Crippen molar-refractivity contribution < 1.29 is 19.4 Å². The highest BCUT2D eigenvalue weighted by Crippen LogP contribution is 2.33. The lowest BCUT2D eigenvalue weighted by atomic mass is 10.1. The SMILES string of the molecule is CCn1nc(C)cc1-c1ncc2c(n1)[nH]c1c(OCCCN3CCN(C(=O)O)CC3)cc(C(N)=O)cc12. The van der Waals surface area contributed by atoms with E-state index in [1.54, 1.807) is 18.3 Å². The zero-order chi connectivity index (χ0) is 26.1. The van der Waals surface area contributed by atoms with Gasteiger partial charge in [-0.15, -0.1) is 0 Å². The number of carbonyl (C=O) groups excluding carboxylic acids is 1. The highest BCUT2D eigenvalue weighted by molar-refractivity contribution is 6.11. The summed E-state index contributed by atoms with van der Waals surface area (Å²) in [5, 5.41) is 15.1. The summed E-state index contributed by atoms with van der Waals surface area (Å²) in [7, 11) is 0. The lowest BCUT2D eigenvalue weighted by molar-refractivity contribution is 0.0999. The van der Waals surface area contributed by atoms with Gasteiger partial charge in [-0.05, 0) is 38.5 Å². The average molecular weight is 507 g/mol. The Balaban J connectivity index is 1.37. The molecular weight excluding hydrogens is 476 g/mol.